The molecule has 1 aliphatic rings. The molecule has 1 aliphatic carbocycles. The summed E-state index contributed by atoms with van der Waals surface area (Å²) in [5, 5.41) is 13.3. The summed E-state index contributed by atoms with van der Waals surface area (Å²) in [7, 11) is 0. The van der Waals surface area contributed by atoms with Gasteiger partial charge in [-0.05, 0) is 50.8 Å². The van der Waals surface area contributed by atoms with Crippen molar-refractivity contribution in [2.75, 3.05) is 25.0 Å². The van der Waals surface area contributed by atoms with Crippen LogP contribution in [0.2, 0.25) is 0 Å². The van der Waals surface area contributed by atoms with E-state index in [4.69, 9.17) is 0 Å². The van der Waals surface area contributed by atoms with Gasteiger partial charge < -0.3 is 5.32 Å². The number of hydrogen-bond acceptors (Lipinski definition) is 4. The third kappa shape index (κ3) is 4.79. The maximum atomic E-state index is 12.3. The fraction of sp³-hybridized carbons (Fsp3) is 0.667. The predicted octanol–water partition coefficient (Wildman–Crippen LogP) is 3.95. The third-order valence-corrected chi connectivity index (χ3v) is 5.64. The van der Waals surface area contributed by atoms with Gasteiger partial charge in [0.05, 0.1) is 12.1 Å². The van der Waals surface area contributed by atoms with E-state index < -0.39 is 0 Å². The van der Waals surface area contributed by atoms with Gasteiger partial charge in [-0.1, -0.05) is 26.7 Å². The minimum atomic E-state index is -0.00383. The maximum Gasteiger partial charge on any atom is 0.239 e. The van der Waals surface area contributed by atoms with Crippen LogP contribution in [-0.4, -0.2) is 30.4 Å². The maximum absolute atomic E-state index is 12.3. The van der Waals surface area contributed by atoms with Crippen molar-refractivity contribution in [3.05, 3.63) is 16.0 Å². The quantitative estimate of drug-likeness (QED) is 0.769. The molecule has 0 aromatic carbocycles. The van der Waals surface area contributed by atoms with E-state index in [1.54, 1.807) is 11.3 Å². The van der Waals surface area contributed by atoms with Gasteiger partial charge in [-0.3, -0.25) is 9.69 Å². The first-order valence-corrected chi connectivity index (χ1v) is 9.58. The highest BCUT2D eigenvalue weighted by Gasteiger charge is 2.21. The molecule has 1 aromatic heterocycles. The number of nitrogens with one attached hydrogen (secondary N) is 1. The number of thiophene rings is 1. The summed E-state index contributed by atoms with van der Waals surface area (Å²) in [5.41, 5.74) is 1.89. The predicted molar refractivity (Wildman–Crippen MR) is 95.9 cm³/mol. The Morgan fingerprint density at radius 1 is 1.30 bits per heavy atom. The molecular weight excluding hydrogens is 306 g/mol. The fourth-order valence-corrected chi connectivity index (χ4v) is 4.30. The van der Waals surface area contributed by atoms with Crippen LogP contribution in [0.5, 0.6) is 0 Å². The lowest BCUT2D eigenvalue weighted by molar-refractivity contribution is -0.117. The van der Waals surface area contributed by atoms with Crippen LogP contribution in [0.25, 0.3) is 0 Å². The lowest BCUT2D eigenvalue weighted by Crippen LogP contribution is -2.33. The number of likely N-dealkylation sites (N-methyl/N-ethyl adjacent to an activating group) is 1. The minimum Gasteiger partial charge on any atom is -0.315 e. The second-order valence-corrected chi connectivity index (χ2v) is 7.26. The number of anilines is 1. The molecule has 2 rings (SSSR count). The van der Waals surface area contributed by atoms with Gasteiger partial charge in [0.2, 0.25) is 5.91 Å². The first-order valence-electron chi connectivity index (χ1n) is 8.76. The second-order valence-electron chi connectivity index (χ2n) is 6.15. The summed E-state index contributed by atoms with van der Waals surface area (Å²) in [6, 6.07) is 2.32. The van der Waals surface area contributed by atoms with Gasteiger partial charge in [-0.2, -0.15) is 5.26 Å². The monoisotopic (exact) mass is 333 g/mol. The molecule has 0 unspecified atom stereocenters. The molecule has 4 nitrogen and oxygen atoms in total. The number of fused-ring (bicyclic) bond motifs is 1. The van der Waals surface area contributed by atoms with Crippen molar-refractivity contribution in [3.8, 4) is 6.07 Å². The molecule has 1 amide bonds. The van der Waals surface area contributed by atoms with Crippen LogP contribution in [0, 0.1) is 11.3 Å². The van der Waals surface area contributed by atoms with Crippen molar-refractivity contribution in [1.82, 2.24) is 4.90 Å². The average Bonchev–Trinajstić information content (AvgIpc) is 2.71. The van der Waals surface area contributed by atoms with E-state index in [-0.39, 0.29) is 5.91 Å². The Morgan fingerprint density at radius 3 is 2.78 bits per heavy atom. The summed E-state index contributed by atoms with van der Waals surface area (Å²) in [5.74, 6) is -0.00383. The number of hydrogen-bond donors (Lipinski definition) is 1. The standard InChI is InChI=1S/C18H27N3OS/c1-3-5-11-21(4-2)13-17(22)20-18-15(12-19)14-9-7-6-8-10-16(14)23-18/h3-11,13H2,1-2H3,(H,20,22). The van der Waals surface area contributed by atoms with Gasteiger partial charge in [-0.25, -0.2) is 0 Å². The van der Waals surface area contributed by atoms with E-state index in [0.717, 1.165) is 50.2 Å². The van der Waals surface area contributed by atoms with E-state index in [2.05, 4.69) is 30.1 Å². The Labute approximate surface area is 143 Å². The average molecular weight is 334 g/mol. The summed E-state index contributed by atoms with van der Waals surface area (Å²) < 4.78 is 0. The van der Waals surface area contributed by atoms with Crippen molar-refractivity contribution >= 4 is 22.2 Å². The Balaban J connectivity index is 2.05. The van der Waals surface area contributed by atoms with E-state index in [1.807, 2.05) is 0 Å². The van der Waals surface area contributed by atoms with Gasteiger partial charge >= 0.3 is 0 Å². The van der Waals surface area contributed by atoms with Gasteiger partial charge in [0, 0.05) is 4.88 Å². The molecule has 0 aliphatic heterocycles. The third-order valence-electron chi connectivity index (χ3n) is 4.43. The number of unbranched alkanes of at least 4 members (excludes halogenated alkanes) is 1. The van der Waals surface area contributed by atoms with Gasteiger partial charge in [0.25, 0.3) is 0 Å². The van der Waals surface area contributed by atoms with E-state index >= 15 is 0 Å². The van der Waals surface area contributed by atoms with Gasteiger partial charge in [0.15, 0.2) is 0 Å². The molecule has 1 aromatic rings. The smallest absolute Gasteiger partial charge is 0.239 e. The minimum absolute atomic E-state index is 0.00383. The van der Waals surface area contributed by atoms with Crippen molar-refractivity contribution in [2.24, 2.45) is 0 Å². The van der Waals surface area contributed by atoms with E-state index in [0.29, 0.717) is 12.1 Å². The van der Waals surface area contributed by atoms with Crippen LogP contribution < -0.4 is 5.32 Å². The summed E-state index contributed by atoms with van der Waals surface area (Å²) in [6.45, 7) is 6.47. The van der Waals surface area contributed by atoms with Crippen LogP contribution in [0.15, 0.2) is 0 Å². The lowest BCUT2D eigenvalue weighted by Gasteiger charge is -2.19. The molecule has 0 radical (unpaired) electrons. The lowest BCUT2D eigenvalue weighted by atomic mass is 10.1. The van der Waals surface area contributed by atoms with E-state index in [9.17, 15) is 10.1 Å². The normalized spacial score (nSPS) is 14.2. The number of nitrogens with zero attached hydrogens (tertiary/aromatic N) is 2. The molecule has 0 saturated heterocycles. The van der Waals surface area contributed by atoms with E-state index in [1.165, 1.54) is 23.3 Å². The number of carbonyl (C=O) groups is 1. The van der Waals surface area contributed by atoms with Crippen LogP contribution >= 0.6 is 11.3 Å². The van der Waals surface area contributed by atoms with Crippen LogP contribution in [0.1, 0.15) is 62.0 Å². The first-order chi connectivity index (χ1) is 11.2. The van der Waals surface area contributed by atoms with Crippen molar-refractivity contribution < 1.29 is 4.79 Å². The Morgan fingerprint density at radius 2 is 2.09 bits per heavy atom. The highest BCUT2D eigenvalue weighted by molar-refractivity contribution is 7.16. The Kier molecular flexibility index (Phi) is 7.07. The fourth-order valence-electron chi connectivity index (χ4n) is 3.05. The Bertz CT molecular complexity index is 574. The molecule has 0 saturated carbocycles. The molecular formula is C18H27N3OS. The Hall–Kier alpha value is -1.38. The van der Waals surface area contributed by atoms with Crippen molar-refractivity contribution in [3.63, 3.8) is 0 Å². The molecule has 0 atom stereocenters. The largest absolute Gasteiger partial charge is 0.315 e. The topological polar surface area (TPSA) is 56.1 Å². The highest BCUT2D eigenvalue weighted by Crippen LogP contribution is 2.36. The number of nitriles is 1. The van der Waals surface area contributed by atoms with Crippen LogP contribution in [-0.2, 0) is 17.6 Å². The zero-order valence-electron chi connectivity index (χ0n) is 14.3. The summed E-state index contributed by atoms with van der Waals surface area (Å²) >= 11 is 1.61. The zero-order chi connectivity index (χ0) is 16.7. The number of aryl methyl sites for hydroxylation is 1. The number of rotatable bonds is 7. The van der Waals surface area contributed by atoms with Crippen LogP contribution in [0.4, 0.5) is 5.00 Å². The molecule has 23 heavy (non-hydrogen) atoms. The molecule has 0 fully saturated rings. The second kappa shape index (κ2) is 9.05. The molecule has 0 spiro atoms. The molecule has 5 heteroatoms. The molecule has 1 heterocycles. The zero-order valence-corrected chi connectivity index (χ0v) is 15.1. The highest BCUT2D eigenvalue weighted by atomic mass is 32.1. The first kappa shape index (κ1) is 18.0. The van der Waals surface area contributed by atoms with Crippen molar-refractivity contribution in [1.29, 1.82) is 5.26 Å². The molecule has 0 bridgehead atoms. The summed E-state index contributed by atoms with van der Waals surface area (Å²) in [4.78, 5) is 15.8. The molecule has 1 N–H and O–H groups in total. The number of carbonyl (C=O) groups excluding carboxylic acids is 1. The summed E-state index contributed by atoms with van der Waals surface area (Å²) in [6.07, 6.45) is 7.83. The SMILES string of the molecule is CCCCN(CC)CC(=O)Nc1sc2c(c1C#N)CCCCC2. The van der Waals surface area contributed by atoms with Gasteiger partial charge in [0.1, 0.15) is 11.1 Å². The van der Waals surface area contributed by atoms with Crippen molar-refractivity contribution in [2.45, 2.75) is 58.8 Å². The number of amides is 1. The molecule has 126 valence electrons. The van der Waals surface area contributed by atoms with Gasteiger partial charge in [-0.15, -0.1) is 11.3 Å². The van der Waals surface area contributed by atoms with Crippen LogP contribution in [0.3, 0.4) is 0 Å².